The molecule has 0 unspecified atom stereocenters. The summed E-state index contributed by atoms with van der Waals surface area (Å²) in [5, 5.41) is 11.3. The van der Waals surface area contributed by atoms with E-state index in [1.54, 1.807) is 54.3 Å². The van der Waals surface area contributed by atoms with E-state index >= 15 is 0 Å². The summed E-state index contributed by atoms with van der Waals surface area (Å²) >= 11 is 0. The summed E-state index contributed by atoms with van der Waals surface area (Å²) in [5.74, 6) is -1.84. The number of hydrogen-bond donors (Lipinski definition) is 5. The fraction of sp³-hybridized carbons (Fsp3) is 0.389. The number of fused-ring (bicyclic) bond motifs is 18. The molecule has 2 bridgehead atoms. The van der Waals surface area contributed by atoms with E-state index in [0.29, 0.717) is 37.9 Å². The Morgan fingerprint density at radius 1 is 0.854 bits per heavy atom. The molecule has 3 heterocycles. The molecule has 2 aliphatic heterocycles. The minimum absolute atomic E-state index is 0.0572. The number of nitrogens with zero attached hydrogens (tertiary/aromatic N) is 2. The van der Waals surface area contributed by atoms with Crippen molar-refractivity contribution in [1.29, 1.82) is 0 Å². The van der Waals surface area contributed by atoms with Gasteiger partial charge in [0.15, 0.2) is 0 Å². The van der Waals surface area contributed by atoms with Crippen molar-refractivity contribution in [3.63, 3.8) is 0 Å². The van der Waals surface area contributed by atoms with E-state index < -0.39 is 35.8 Å². The first-order chi connectivity index (χ1) is 23.0. The van der Waals surface area contributed by atoms with Crippen molar-refractivity contribution in [2.75, 3.05) is 18.8 Å². The number of nitrogen functional groups attached to an aromatic ring is 1. The molecule has 6 N–H and O–H groups in total. The summed E-state index contributed by atoms with van der Waals surface area (Å²) in [6, 6.07) is 18.2. The van der Waals surface area contributed by atoms with Gasteiger partial charge in [0.05, 0.1) is 0 Å². The van der Waals surface area contributed by atoms with Crippen LogP contribution in [0.4, 0.5) is 5.82 Å². The molecule has 0 fully saturated rings. The van der Waals surface area contributed by atoms with E-state index in [1.807, 2.05) is 44.2 Å². The highest BCUT2D eigenvalue weighted by atomic mass is 16.2. The number of nitrogens with two attached hydrogens (primary N) is 1. The summed E-state index contributed by atoms with van der Waals surface area (Å²) in [4.78, 5) is 72.7. The number of aromatic nitrogens is 1. The third-order valence-electron chi connectivity index (χ3n) is 8.02. The van der Waals surface area contributed by atoms with Gasteiger partial charge in [-0.2, -0.15) is 0 Å². The second-order valence-corrected chi connectivity index (χ2v) is 12.5. The topological polar surface area (TPSA) is 176 Å². The smallest absolute Gasteiger partial charge is 0.272 e. The van der Waals surface area contributed by atoms with Gasteiger partial charge in [-0.15, -0.1) is 0 Å². The van der Waals surface area contributed by atoms with E-state index in [9.17, 15) is 24.0 Å². The minimum Gasteiger partial charge on any atom is -0.384 e. The molecular formula is C36H45N7O5. The number of benzene rings is 2. The van der Waals surface area contributed by atoms with Gasteiger partial charge in [0.25, 0.3) is 11.8 Å². The summed E-state index contributed by atoms with van der Waals surface area (Å²) in [7, 11) is 0. The molecule has 3 atom stereocenters. The normalized spacial score (nSPS) is 20.2. The third-order valence-corrected chi connectivity index (χ3v) is 8.02. The van der Waals surface area contributed by atoms with Gasteiger partial charge in [0.1, 0.15) is 29.6 Å². The highest BCUT2D eigenvalue weighted by molar-refractivity contribution is 5.99. The van der Waals surface area contributed by atoms with Crippen molar-refractivity contribution in [3.8, 4) is 0 Å². The van der Waals surface area contributed by atoms with Crippen molar-refractivity contribution in [1.82, 2.24) is 31.2 Å². The van der Waals surface area contributed by atoms with Gasteiger partial charge < -0.3 is 31.9 Å². The van der Waals surface area contributed by atoms with Gasteiger partial charge >= 0.3 is 0 Å². The Kier molecular flexibility index (Phi) is 12.6. The number of amides is 5. The van der Waals surface area contributed by atoms with Crippen LogP contribution in [0.3, 0.4) is 0 Å². The molecule has 5 rings (SSSR count). The highest BCUT2D eigenvalue weighted by Gasteiger charge is 2.29. The van der Waals surface area contributed by atoms with Crippen molar-refractivity contribution in [2.45, 2.75) is 71.1 Å². The number of rotatable bonds is 5. The van der Waals surface area contributed by atoms with Crippen LogP contribution in [0.15, 0.2) is 72.8 Å². The number of anilines is 1. The van der Waals surface area contributed by atoms with Gasteiger partial charge in [-0.25, -0.2) is 4.98 Å². The Morgan fingerprint density at radius 3 is 2.25 bits per heavy atom. The molecular weight excluding hydrogens is 610 g/mol. The molecule has 12 nitrogen and oxygen atoms in total. The molecule has 2 aliphatic rings. The maximum Gasteiger partial charge on any atom is 0.272 e. The zero-order chi connectivity index (χ0) is 34.6. The SMILES string of the molecule is CC(C)C[C@@H]1NC(=O)[C@@H](Cc2ccccc2)NC(=O)c2ccc(cc2)CN(C(=O)c2cccc(N)n2)CCCCNC(=O)[C@@H](C)NC1=O. The van der Waals surface area contributed by atoms with Crippen LogP contribution < -0.4 is 27.0 Å². The maximum atomic E-state index is 13.7. The Labute approximate surface area is 281 Å². The van der Waals surface area contributed by atoms with Crippen LogP contribution in [-0.2, 0) is 27.3 Å². The summed E-state index contributed by atoms with van der Waals surface area (Å²) in [6.45, 7) is 6.42. The van der Waals surface area contributed by atoms with Crippen LogP contribution >= 0.6 is 0 Å². The Morgan fingerprint density at radius 2 is 1.56 bits per heavy atom. The monoisotopic (exact) mass is 655 g/mol. The van der Waals surface area contributed by atoms with Crippen LogP contribution in [0.25, 0.3) is 0 Å². The zero-order valence-corrected chi connectivity index (χ0v) is 27.7. The molecule has 1 aromatic heterocycles. The predicted octanol–water partition coefficient (Wildman–Crippen LogP) is 2.59. The number of pyridine rings is 1. The third kappa shape index (κ3) is 10.4. The van der Waals surface area contributed by atoms with E-state index in [-0.39, 0.29) is 42.2 Å². The first-order valence-electron chi connectivity index (χ1n) is 16.3. The van der Waals surface area contributed by atoms with E-state index in [2.05, 4.69) is 26.3 Å². The lowest BCUT2D eigenvalue weighted by Gasteiger charge is -2.25. The average Bonchev–Trinajstić information content (AvgIpc) is 3.06. The molecule has 0 radical (unpaired) electrons. The lowest BCUT2D eigenvalue weighted by atomic mass is 10.0. The predicted molar refractivity (Wildman–Crippen MR) is 182 cm³/mol. The molecule has 0 spiro atoms. The largest absolute Gasteiger partial charge is 0.384 e. The first-order valence-corrected chi connectivity index (χ1v) is 16.3. The van der Waals surface area contributed by atoms with Crippen LogP contribution in [0.1, 0.15) is 72.0 Å². The number of nitrogens with one attached hydrogen (secondary N) is 4. The summed E-state index contributed by atoms with van der Waals surface area (Å²) < 4.78 is 0. The minimum atomic E-state index is -0.990. The fourth-order valence-corrected chi connectivity index (χ4v) is 5.41. The first kappa shape index (κ1) is 35.6. The number of carbonyl (C=O) groups is 5. The molecule has 5 amide bonds. The number of carbonyl (C=O) groups excluding carboxylic acids is 5. The van der Waals surface area contributed by atoms with Crippen LogP contribution in [0.5, 0.6) is 0 Å². The second-order valence-electron chi connectivity index (χ2n) is 12.5. The molecule has 0 saturated heterocycles. The Hall–Kier alpha value is -5.26. The quantitative estimate of drug-likeness (QED) is 0.263. The average molecular weight is 656 g/mol. The van der Waals surface area contributed by atoms with Crippen LogP contribution in [0.2, 0.25) is 0 Å². The molecule has 254 valence electrons. The highest BCUT2D eigenvalue weighted by Crippen LogP contribution is 2.14. The van der Waals surface area contributed by atoms with Gasteiger partial charge in [-0.1, -0.05) is 62.4 Å². The summed E-state index contributed by atoms with van der Waals surface area (Å²) in [6.07, 6.45) is 1.69. The second kappa shape index (κ2) is 17.1. The Balaban J connectivity index is 1.62. The molecule has 3 aromatic rings. The Bertz CT molecular complexity index is 1580. The standard InChI is InChI=1S/C36H45N7O5/c1-23(2)20-29-34(46)39-24(3)32(44)38-18-7-8-19-43(36(48)28-12-9-13-31(37)40-28)22-26-14-16-27(17-15-26)33(45)41-30(35(47)42-29)21-25-10-5-4-6-11-25/h4-6,9-17,23-24,29-30H,7-8,18-22H2,1-3H3,(H2,37,40)(H,38,44)(H,39,46)(H,41,45)(H,42,47)/t24-,29+,30-/m1/s1. The van der Waals surface area contributed by atoms with Crippen molar-refractivity contribution >= 4 is 35.4 Å². The molecule has 12 heteroatoms. The molecule has 0 saturated carbocycles. The van der Waals surface area contributed by atoms with Gasteiger partial charge in [-0.05, 0) is 67.5 Å². The van der Waals surface area contributed by atoms with Gasteiger partial charge in [0, 0.05) is 31.6 Å². The van der Waals surface area contributed by atoms with Crippen LogP contribution in [0, 0.1) is 5.92 Å². The van der Waals surface area contributed by atoms with Gasteiger partial charge in [0.2, 0.25) is 17.7 Å². The molecule has 48 heavy (non-hydrogen) atoms. The van der Waals surface area contributed by atoms with E-state index in [1.165, 1.54) is 0 Å². The zero-order valence-electron chi connectivity index (χ0n) is 27.7. The molecule has 2 aromatic carbocycles. The lowest BCUT2D eigenvalue weighted by Crippen LogP contribution is -2.57. The van der Waals surface area contributed by atoms with Crippen molar-refractivity contribution in [3.05, 3.63) is 95.2 Å². The van der Waals surface area contributed by atoms with E-state index in [4.69, 9.17) is 5.73 Å². The van der Waals surface area contributed by atoms with Crippen LogP contribution in [-0.4, -0.2) is 70.6 Å². The van der Waals surface area contributed by atoms with Gasteiger partial charge in [-0.3, -0.25) is 24.0 Å². The fourth-order valence-electron chi connectivity index (χ4n) is 5.41. The lowest BCUT2D eigenvalue weighted by molar-refractivity contribution is -0.132. The van der Waals surface area contributed by atoms with Crippen molar-refractivity contribution in [2.24, 2.45) is 5.92 Å². The number of hydrogen-bond acceptors (Lipinski definition) is 7. The maximum absolute atomic E-state index is 13.7. The van der Waals surface area contributed by atoms with Crippen molar-refractivity contribution < 1.29 is 24.0 Å². The van der Waals surface area contributed by atoms with E-state index in [0.717, 1.165) is 11.1 Å². The molecule has 0 aliphatic carbocycles. The summed E-state index contributed by atoms with van der Waals surface area (Å²) in [5.41, 5.74) is 8.00.